The van der Waals surface area contributed by atoms with Crippen molar-refractivity contribution in [3.8, 4) is 22.9 Å². The van der Waals surface area contributed by atoms with Gasteiger partial charge in [-0.15, -0.1) is 4.47 Å². The first-order valence-electron chi connectivity index (χ1n) is 10.5. The van der Waals surface area contributed by atoms with Crippen molar-refractivity contribution >= 4 is 27.5 Å². The third kappa shape index (κ3) is 5.30. The van der Waals surface area contributed by atoms with Crippen molar-refractivity contribution in [1.29, 1.82) is 0 Å². The van der Waals surface area contributed by atoms with Crippen LogP contribution in [0.25, 0.3) is 11.3 Å². The first-order valence-corrected chi connectivity index (χ1v) is 13.3. The predicted octanol–water partition coefficient (Wildman–Crippen LogP) is 5.37. The van der Waals surface area contributed by atoms with Crippen molar-refractivity contribution < 1.29 is 27.1 Å². The molecule has 4 rings (SSSR count). The summed E-state index contributed by atoms with van der Waals surface area (Å²) < 4.78 is 60.8. The van der Waals surface area contributed by atoms with Crippen LogP contribution in [0.5, 0.6) is 11.6 Å². The monoisotopic (exact) mass is 530 g/mol. The van der Waals surface area contributed by atoms with E-state index in [9.17, 15) is 13.6 Å². The molecular weight excluding hydrogens is 510 g/mol. The normalized spacial score (nSPS) is 11.4. The maximum Gasteiger partial charge on any atom is 0.261 e. The molecule has 0 saturated carbocycles. The topological polar surface area (TPSA) is 106 Å². The molecule has 0 aliphatic heterocycles. The Bertz CT molecular complexity index is 1510. The molecule has 2 heterocycles. The van der Waals surface area contributed by atoms with Crippen molar-refractivity contribution in [1.82, 2.24) is 15.0 Å². The Morgan fingerprint density at radius 2 is 1.78 bits per heavy atom. The Balaban J connectivity index is 1.68. The molecule has 0 amide bonds. The molecule has 0 atom stereocenters. The van der Waals surface area contributed by atoms with Gasteiger partial charge in [0.2, 0.25) is 11.7 Å². The lowest BCUT2D eigenvalue weighted by Crippen LogP contribution is -2.29. The fourth-order valence-electron chi connectivity index (χ4n) is 3.33. The zero-order valence-electron chi connectivity index (χ0n) is 19.1. The average molecular weight is 531 g/mol. The van der Waals surface area contributed by atoms with Gasteiger partial charge in [-0.2, -0.15) is 4.39 Å². The Morgan fingerprint density at radius 1 is 1.03 bits per heavy atom. The molecule has 2 aromatic carbocycles. The molecule has 0 unspecified atom stereocenters. The average Bonchev–Trinajstić information content (AvgIpc) is 2.89. The maximum atomic E-state index is 15.1. The Morgan fingerprint density at radius 3 is 2.50 bits per heavy atom. The summed E-state index contributed by atoms with van der Waals surface area (Å²) in [6.07, 6.45) is 4.78. The minimum atomic E-state index is -4.43. The second-order valence-corrected chi connectivity index (χ2v) is 10.1. The zero-order valence-corrected chi connectivity index (χ0v) is 20.7. The second-order valence-electron chi connectivity index (χ2n) is 7.54. The van der Waals surface area contributed by atoms with Gasteiger partial charge in [-0.3, -0.25) is 5.21 Å². The lowest BCUT2D eigenvalue weighted by atomic mass is 10.1. The summed E-state index contributed by atoms with van der Waals surface area (Å²) in [7, 11) is -4.43. The van der Waals surface area contributed by atoms with E-state index in [1.807, 2.05) is 6.26 Å². The highest BCUT2D eigenvalue weighted by molar-refractivity contribution is 7.98. The van der Waals surface area contributed by atoms with E-state index in [0.29, 0.717) is 22.0 Å². The molecule has 8 nitrogen and oxygen atoms in total. The summed E-state index contributed by atoms with van der Waals surface area (Å²) in [5.74, 6) is -4.25. The number of rotatable bonds is 8. The van der Waals surface area contributed by atoms with Crippen LogP contribution in [0.1, 0.15) is 11.1 Å². The number of halogens is 2. The van der Waals surface area contributed by atoms with E-state index in [2.05, 4.69) is 15.0 Å². The molecule has 1 N–H and O–H groups in total. The number of hydrogen-bond acceptors (Lipinski definition) is 8. The van der Waals surface area contributed by atoms with Gasteiger partial charge in [-0.1, -0.05) is 42.1 Å². The third-order valence-electron chi connectivity index (χ3n) is 5.05. The van der Waals surface area contributed by atoms with E-state index < -0.39 is 38.8 Å². The van der Waals surface area contributed by atoms with Crippen LogP contribution in [0, 0.1) is 18.6 Å². The van der Waals surface area contributed by atoms with E-state index in [4.69, 9.17) is 4.74 Å². The number of sulfonamides is 1. The van der Waals surface area contributed by atoms with E-state index >= 15 is 8.78 Å². The number of thioether (sulfide) groups is 1. The first-order chi connectivity index (χ1) is 17.2. The first kappa shape index (κ1) is 25.5. The molecule has 12 heteroatoms. The largest absolute Gasteiger partial charge is 0.435 e. The smallest absolute Gasteiger partial charge is 0.261 e. The number of aromatic nitrogens is 3. The fraction of sp³-hybridized carbons (Fsp3) is 0.125. The number of anilines is 1. The standard InChI is InChI=1S/C24H20F2N4O4S2/c1-15-13-19(30(31)36(32,33)14-16-7-4-3-5-8-16)20(25)21(26)22(15)34-23-17(9-6-11-27-23)18-10-12-28-24(29-18)35-2/h3-13,31H,14H2,1-2H3. The summed E-state index contributed by atoms with van der Waals surface area (Å²) in [4.78, 5) is 12.6. The maximum absolute atomic E-state index is 15.1. The highest BCUT2D eigenvalue weighted by Crippen LogP contribution is 2.38. The van der Waals surface area contributed by atoms with Crippen molar-refractivity contribution in [3.05, 3.63) is 89.8 Å². The van der Waals surface area contributed by atoms with Crippen LogP contribution >= 0.6 is 11.8 Å². The number of nitrogens with zero attached hydrogens (tertiary/aromatic N) is 4. The van der Waals surface area contributed by atoms with Crippen LogP contribution in [-0.4, -0.2) is 34.8 Å². The number of aryl methyl sites for hydroxylation is 1. The minimum Gasteiger partial charge on any atom is -0.435 e. The quantitative estimate of drug-likeness (QED) is 0.184. The van der Waals surface area contributed by atoms with Gasteiger partial charge >= 0.3 is 0 Å². The highest BCUT2D eigenvalue weighted by atomic mass is 32.2. The Kier molecular flexibility index (Phi) is 7.48. The van der Waals surface area contributed by atoms with Gasteiger partial charge in [0.25, 0.3) is 10.0 Å². The van der Waals surface area contributed by atoms with Gasteiger partial charge in [0.05, 0.1) is 17.0 Å². The highest BCUT2D eigenvalue weighted by Gasteiger charge is 2.29. The Labute approximate surface area is 210 Å². The summed E-state index contributed by atoms with van der Waals surface area (Å²) >= 11 is 1.33. The van der Waals surface area contributed by atoms with E-state index in [1.54, 1.807) is 42.6 Å². The van der Waals surface area contributed by atoms with E-state index in [0.717, 1.165) is 6.07 Å². The molecule has 0 fully saturated rings. The van der Waals surface area contributed by atoms with Gasteiger partial charge in [0.15, 0.2) is 16.7 Å². The van der Waals surface area contributed by atoms with Crippen molar-refractivity contribution in [3.63, 3.8) is 0 Å². The summed E-state index contributed by atoms with van der Waals surface area (Å²) in [5, 5.41) is 10.8. The molecule has 0 radical (unpaired) electrons. The molecule has 0 saturated heterocycles. The lowest BCUT2D eigenvalue weighted by molar-refractivity contribution is 0.308. The van der Waals surface area contributed by atoms with Crippen LogP contribution in [-0.2, 0) is 15.8 Å². The summed E-state index contributed by atoms with van der Waals surface area (Å²) in [5.41, 5.74) is 0.400. The molecule has 2 aromatic heterocycles. The number of benzene rings is 2. The van der Waals surface area contributed by atoms with Crippen LogP contribution < -0.4 is 9.21 Å². The predicted molar refractivity (Wildman–Crippen MR) is 132 cm³/mol. The van der Waals surface area contributed by atoms with E-state index in [-0.39, 0.29) is 15.9 Å². The van der Waals surface area contributed by atoms with Gasteiger partial charge < -0.3 is 4.74 Å². The number of pyridine rings is 1. The summed E-state index contributed by atoms with van der Waals surface area (Å²) in [6.45, 7) is 1.39. The lowest BCUT2D eigenvalue weighted by Gasteiger charge is -2.20. The third-order valence-corrected chi connectivity index (χ3v) is 7.04. The van der Waals surface area contributed by atoms with Crippen LogP contribution in [0.4, 0.5) is 14.5 Å². The van der Waals surface area contributed by atoms with Crippen LogP contribution in [0.2, 0.25) is 0 Å². The number of hydrogen-bond donors (Lipinski definition) is 1. The zero-order chi connectivity index (χ0) is 25.9. The van der Waals surface area contributed by atoms with Gasteiger partial charge in [-0.05, 0) is 48.6 Å². The van der Waals surface area contributed by atoms with Crippen LogP contribution in [0.3, 0.4) is 0 Å². The van der Waals surface area contributed by atoms with E-state index in [1.165, 1.54) is 37.0 Å². The van der Waals surface area contributed by atoms with Crippen molar-refractivity contribution in [2.45, 2.75) is 17.8 Å². The molecule has 4 aromatic rings. The summed E-state index contributed by atoms with van der Waals surface area (Å²) in [6, 6.07) is 13.9. The molecule has 0 spiro atoms. The van der Waals surface area contributed by atoms with Gasteiger partial charge in [0, 0.05) is 12.4 Å². The van der Waals surface area contributed by atoms with Gasteiger partial charge in [-0.25, -0.2) is 27.8 Å². The SMILES string of the molecule is CSc1nccc(-c2cccnc2Oc2c(C)cc(N(O)S(=O)(=O)Cc3ccccc3)c(F)c2F)n1. The number of ether oxygens (including phenoxy) is 1. The second kappa shape index (κ2) is 10.6. The molecule has 0 aliphatic rings. The van der Waals surface area contributed by atoms with Crippen LogP contribution in [0.15, 0.2) is 72.1 Å². The fourth-order valence-corrected chi connectivity index (χ4v) is 4.86. The van der Waals surface area contributed by atoms with Crippen molar-refractivity contribution in [2.75, 3.05) is 10.7 Å². The van der Waals surface area contributed by atoms with Gasteiger partial charge in [0.1, 0.15) is 5.69 Å². The molecule has 0 bridgehead atoms. The molecular formula is C24H20F2N4O4S2. The minimum absolute atomic E-state index is 0.0296. The Hall–Kier alpha value is -3.61. The molecule has 36 heavy (non-hydrogen) atoms. The molecule has 0 aliphatic carbocycles. The molecule has 186 valence electrons. The van der Waals surface area contributed by atoms with Crippen molar-refractivity contribution in [2.24, 2.45) is 0 Å².